The molecule has 1 unspecified atom stereocenters. The lowest BCUT2D eigenvalue weighted by atomic mass is 9.98. The highest BCUT2D eigenvalue weighted by molar-refractivity contribution is 7.13. The Bertz CT molecular complexity index is 527. The predicted molar refractivity (Wildman–Crippen MR) is 77.9 cm³/mol. The van der Waals surface area contributed by atoms with Crippen LogP contribution in [0.25, 0.3) is 0 Å². The Morgan fingerprint density at radius 2 is 2.11 bits per heavy atom. The van der Waals surface area contributed by atoms with Crippen molar-refractivity contribution in [2.75, 3.05) is 7.05 Å². The van der Waals surface area contributed by atoms with E-state index in [1.807, 2.05) is 25.2 Å². The summed E-state index contributed by atoms with van der Waals surface area (Å²) in [5.41, 5.74) is 1.22. The van der Waals surface area contributed by atoms with Gasteiger partial charge in [0, 0.05) is 6.54 Å². The molecule has 0 spiro atoms. The van der Waals surface area contributed by atoms with Crippen LogP contribution < -0.4 is 10.1 Å². The molecule has 0 aliphatic carbocycles. The van der Waals surface area contributed by atoms with E-state index in [-0.39, 0.29) is 0 Å². The third-order valence-corrected chi connectivity index (χ3v) is 3.84. The summed E-state index contributed by atoms with van der Waals surface area (Å²) in [5, 5.41) is 12.7. The van der Waals surface area contributed by atoms with Crippen LogP contribution in [0.2, 0.25) is 0 Å². The van der Waals surface area contributed by atoms with Gasteiger partial charge in [0.15, 0.2) is 0 Å². The number of para-hydroxylation sites is 1. The van der Waals surface area contributed by atoms with Gasteiger partial charge in [-0.15, -0.1) is 5.10 Å². The summed E-state index contributed by atoms with van der Waals surface area (Å²) in [6, 6.07) is 8.12. The standard InChI is InChI=1S/C14H19N3OS/c1-4-10(2)11-7-5-6-8-12(11)18-14-17-16-13(19-14)9-15-3/h5-8,10,15H,4,9H2,1-3H3. The highest BCUT2D eigenvalue weighted by Gasteiger charge is 2.12. The molecule has 0 bridgehead atoms. The number of ether oxygens (including phenoxy) is 1. The van der Waals surface area contributed by atoms with Gasteiger partial charge in [-0.3, -0.25) is 0 Å². The van der Waals surface area contributed by atoms with E-state index >= 15 is 0 Å². The SMILES string of the molecule is CCC(C)c1ccccc1Oc1nnc(CNC)s1. The fourth-order valence-corrected chi connectivity index (χ4v) is 2.51. The van der Waals surface area contributed by atoms with Crippen LogP contribution in [0.15, 0.2) is 24.3 Å². The normalized spacial score (nSPS) is 12.4. The Balaban J connectivity index is 2.17. The number of hydrogen-bond acceptors (Lipinski definition) is 5. The zero-order chi connectivity index (χ0) is 13.7. The number of nitrogens with one attached hydrogen (secondary N) is 1. The molecule has 1 atom stereocenters. The quantitative estimate of drug-likeness (QED) is 0.877. The monoisotopic (exact) mass is 277 g/mol. The van der Waals surface area contributed by atoms with Crippen molar-refractivity contribution in [3.63, 3.8) is 0 Å². The molecule has 1 aromatic carbocycles. The smallest absolute Gasteiger partial charge is 0.299 e. The molecule has 0 amide bonds. The summed E-state index contributed by atoms with van der Waals surface area (Å²) in [5.74, 6) is 1.35. The molecule has 0 saturated carbocycles. The van der Waals surface area contributed by atoms with E-state index in [4.69, 9.17) is 4.74 Å². The Hall–Kier alpha value is -1.46. The molecule has 5 heteroatoms. The molecule has 2 rings (SSSR count). The van der Waals surface area contributed by atoms with E-state index in [1.54, 1.807) is 0 Å². The second-order valence-electron chi connectivity index (χ2n) is 4.44. The Kier molecular flexibility index (Phi) is 4.87. The van der Waals surface area contributed by atoms with E-state index in [0.717, 1.165) is 17.2 Å². The molecule has 2 aromatic rings. The third-order valence-electron chi connectivity index (χ3n) is 3.04. The first-order chi connectivity index (χ1) is 9.24. The van der Waals surface area contributed by atoms with E-state index in [9.17, 15) is 0 Å². The second kappa shape index (κ2) is 6.63. The molecule has 0 saturated heterocycles. The zero-order valence-electron chi connectivity index (χ0n) is 11.5. The van der Waals surface area contributed by atoms with Gasteiger partial charge in [0.1, 0.15) is 10.8 Å². The molecule has 0 aliphatic rings. The summed E-state index contributed by atoms with van der Waals surface area (Å²) >= 11 is 1.47. The Labute approximate surface area is 117 Å². The molecule has 0 radical (unpaired) electrons. The van der Waals surface area contributed by atoms with Crippen molar-refractivity contribution in [2.45, 2.75) is 32.7 Å². The van der Waals surface area contributed by atoms with Gasteiger partial charge in [0.05, 0.1) is 0 Å². The molecular formula is C14H19N3OS. The molecule has 19 heavy (non-hydrogen) atoms. The molecule has 1 aromatic heterocycles. The maximum absolute atomic E-state index is 5.88. The van der Waals surface area contributed by atoms with Gasteiger partial charge in [-0.1, -0.05) is 48.5 Å². The number of hydrogen-bond donors (Lipinski definition) is 1. The minimum absolute atomic E-state index is 0.473. The first-order valence-electron chi connectivity index (χ1n) is 6.48. The van der Waals surface area contributed by atoms with Crippen LogP contribution in [-0.4, -0.2) is 17.2 Å². The van der Waals surface area contributed by atoms with Gasteiger partial charge in [-0.05, 0) is 31.0 Å². The van der Waals surface area contributed by atoms with E-state index in [2.05, 4.69) is 35.4 Å². The maximum atomic E-state index is 5.88. The fourth-order valence-electron chi connectivity index (χ4n) is 1.80. The minimum Gasteiger partial charge on any atom is -0.429 e. The fraction of sp³-hybridized carbons (Fsp3) is 0.429. The van der Waals surface area contributed by atoms with Crippen LogP contribution in [0, 0.1) is 0 Å². The minimum atomic E-state index is 0.473. The summed E-state index contributed by atoms with van der Waals surface area (Å²) in [4.78, 5) is 0. The summed E-state index contributed by atoms with van der Waals surface area (Å²) < 4.78 is 5.88. The van der Waals surface area contributed by atoms with Crippen molar-refractivity contribution in [1.82, 2.24) is 15.5 Å². The lowest BCUT2D eigenvalue weighted by molar-refractivity contribution is 0.461. The maximum Gasteiger partial charge on any atom is 0.299 e. The molecule has 102 valence electrons. The largest absolute Gasteiger partial charge is 0.429 e. The van der Waals surface area contributed by atoms with E-state index < -0.39 is 0 Å². The van der Waals surface area contributed by atoms with Crippen LogP contribution in [-0.2, 0) is 6.54 Å². The average Bonchev–Trinajstić information content (AvgIpc) is 2.86. The average molecular weight is 277 g/mol. The highest BCUT2D eigenvalue weighted by Crippen LogP contribution is 2.32. The van der Waals surface area contributed by atoms with Crippen molar-refractivity contribution >= 4 is 11.3 Å². The van der Waals surface area contributed by atoms with Gasteiger partial charge in [0.25, 0.3) is 5.19 Å². The van der Waals surface area contributed by atoms with E-state index in [1.165, 1.54) is 16.9 Å². The van der Waals surface area contributed by atoms with Crippen LogP contribution in [0.4, 0.5) is 0 Å². The number of benzene rings is 1. The third kappa shape index (κ3) is 3.52. The van der Waals surface area contributed by atoms with Gasteiger partial charge in [-0.25, -0.2) is 0 Å². The van der Waals surface area contributed by atoms with Gasteiger partial charge < -0.3 is 10.1 Å². The van der Waals surface area contributed by atoms with Crippen LogP contribution >= 0.6 is 11.3 Å². The van der Waals surface area contributed by atoms with Crippen molar-refractivity contribution in [3.05, 3.63) is 34.8 Å². The van der Waals surface area contributed by atoms with Crippen molar-refractivity contribution in [2.24, 2.45) is 0 Å². The molecule has 0 fully saturated rings. The summed E-state index contributed by atoms with van der Waals surface area (Å²) in [6.45, 7) is 5.10. The molecule has 4 nitrogen and oxygen atoms in total. The topological polar surface area (TPSA) is 47.0 Å². The summed E-state index contributed by atoms with van der Waals surface area (Å²) in [7, 11) is 1.89. The van der Waals surface area contributed by atoms with Crippen molar-refractivity contribution < 1.29 is 4.74 Å². The van der Waals surface area contributed by atoms with Crippen molar-refractivity contribution in [3.8, 4) is 10.9 Å². The number of rotatable bonds is 6. The predicted octanol–water partition coefficient (Wildman–Crippen LogP) is 3.56. The highest BCUT2D eigenvalue weighted by atomic mass is 32.1. The van der Waals surface area contributed by atoms with Crippen LogP contribution in [0.3, 0.4) is 0 Å². The zero-order valence-corrected chi connectivity index (χ0v) is 12.3. The number of aromatic nitrogens is 2. The first-order valence-corrected chi connectivity index (χ1v) is 7.30. The van der Waals surface area contributed by atoms with Crippen molar-refractivity contribution in [1.29, 1.82) is 0 Å². The van der Waals surface area contributed by atoms with Gasteiger partial charge >= 0.3 is 0 Å². The Morgan fingerprint density at radius 1 is 1.32 bits per heavy atom. The Morgan fingerprint density at radius 3 is 2.84 bits per heavy atom. The van der Waals surface area contributed by atoms with Gasteiger partial charge in [-0.2, -0.15) is 0 Å². The van der Waals surface area contributed by atoms with Crippen LogP contribution in [0.1, 0.15) is 36.8 Å². The lowest BCUT2D eigenvalue weighted by Gasteiger charge is -2.13. The molecule has 1 N–H and O–H groups in total. The molecule has 1 heterocycles. The second-order valence-corrected chi connectivity index (χ2v) is 5.47. The van der Waals surface area contributed by atoms with Gasteiger partial charge in [0.2, 0.25) is 0 Å². The molecular weight excluding hydrogens is 258 g/mol. The van der Waals surface area contributed by atoms with Crippen LogP contribution in [0.5, 0.6) is 10.9 Å². The van der Waals surface area contributed by atoms with E-state index in [0.29, 0.717) is 17.7 Å². The lowest BCUT2D eigenvalue weighted by Crippen LogP contribution is -2.04. The summed E-state index contributed by atoms with van der Waals surface area (Å²) in [6.07, 6.45) is 1.08. The number of nitrogens with zero attached hydrogens (tertiary/aromatic N) is 2. The molecule has 0 aliphatic heterocycles. The first kappa shape index (κ1) is 14.0.